The third kappa shape index (κ3) is 6.63. The van der Waals surface area contributed by atoms with Crippen molar-refractivity contribution in [1.82, 2.24) is 9.97 Å². The van der Waals surface area contributed by atoms with E-state index < -0.39 is 0 Å². The predicted molar refractivity (Wildman–Crippen MR) is 192 cm³/mol. The second-order valence-electron chi connectivity index (χ2n) is 13.2. The number of hydrogen-bond donors (Lipinski definition) is 0. The summed E-state index contributed by atoms with van der Waals surface area (Å²) in [6, 6.07) is 42.2. The first-order valence-corrected chi connectivity index (χ1v) is 15.8. The Hall–Kier alpha value is -4.63. The molecule has 1 radical (unpaired) electrons. The zero-order valence-electron chi connectivity index (χ0n) is 27.3. The number of rotatable bonds is 3. The minimum Gasteiger partial charge on any atom is -0.500 e. The molecule has 0 saturated carbocycles. The van der Waals surface area contributed by atoms with E-state index in [0.29, 0.717) is 0 Å². The number of hydrogen-bond acceptors (Lipinski definition) is 3. The van der Waals surface area contributed by atoms with Gasteiger partial charge in [-0.25, -0.2) is 0 Å². The molecule has 8 aromatic rings. The number of benzene rings is 5. The largest absolute Gasteiger partial charge is 0.500 e. The van der Waals surface area contributed by atoms with Crippen LogP contribution < -0.4 is 0 Å². The Balaban J connectivity index is 0.000000217. The van der Waals surface area contributed by atoms with Crippen molar-refractivity contribution < 1.29 is 24.5 Å². The molecule has 235 valence electrons. The SMILES string of the molecule is CC(C)(C)Cc1ccnc(-c2[c-]ccc3c2oc2c3ccc3ccc4ccccc4c32)c1.Cc1cnc(-c2[c-]cccc2)cc1C.[Ir]. The first-order valence-electron chi connectivity index (χ1n) is 15.8. The first kappa shape index (κ1) is 32.3. The summed E-state index contributed by atoms with van der Waals surface area (Å²) >= 11 is 0. The molecule has 47 heavy (non-hydrogen) atoms. The van der Waals surface area contributed by atoms with Crippen LogP contribution in [0.1, 0.15) is 37.5 Å². The molecule has 3 aromatic heterocycles. The van der Waals surface area contributed by atoms with Crippen LogP contribution in [0.3, 0.4) is 0 Å². The van der Waals surface area contributed by atoms with Crippen LogP contribution in [0.25, 0.3) is 66.0 Å². The van der Waals surface area contributed by atoms with E-state index in [1.54, 1.807) is 0 Å². The molecule has 0 unspecified atom stereocenters. The number of aryl methyl sites for hydroxylation is 2. The van der Waals surface area contributed by atoms with Crippen LogP contribution in [0.4, 0.5) is 0 Å². The first-order chi connectivity index (χ1) is 22.2. The van der Waals surface area contributed by atoms with Gasteiger partial charge in [-0.3, -0.25) is 0 Å². The van der Waals surface area contributed by atoms with Gasteiger partial charge in [-0.1, -0.05) is 104 Å². The Morgan fingerprint density at radius 3 is 2.21 bits per heavy atom. The van der Waals surface area contributed by atoms with Crippen molar-refractivity contribution in [1.29, 1.82) is 0 Å². The number of furan rings is 1. The summed E-state index contributed by atoms with van der Waals surface area (Å²) in [6.07, 6.45) is 4.80. The molecule has 0 aliphatic rings. The maximum atomic E-state index is 6.63. The summed E-state index contributed by atoms with van der Waals surface area (Å²) in [7, 11) is 0. The molecule has 0 saturated heterocycles. The Labute approximate surface area is 290 Å². The van der Waals surface area contributed by atoms with Gasteiger partial charge in [0.1, 0.15) is 5.58 Å². The van der Waals surface area contributed by atoms with Gasteiger partial charge in [0.05, 0.1) is 5.58 Å². The summed E-state index contributed by atoms with van der Waals surface area (Å²) in [6.45, 7) is 10.9. The monoisotopic (exact) mass is 789 g/mol. The molecule has 0 aliphatic heterocycles. The maximum absolute atomic E-state index is 6.63. The van der Waals surface area contributed by atoms with Crippen molar-refractivity contribution in [3.8, 4) is 22.5 Å². The van der Waals surface area contributed by atoms with Crippen molar-refractivity contribution in [2.45, 2.75) is 41.0 Å². The van der Waals surface area contributed by atoms with Gasteiger partial charge in [0.25, 0.3) is 0 Å². The van der Waals surface area contributed by atoms with E-state index in [1.165, 1.54) is 32.8 Å². The third-order valence-corrected chi connectivity index (χ3v) is 8.48. The molecular weight excluding hydrogens is 753 g/mol. The molecule has 0 amide bonds. The molecule has 0 atom stereocenters. The number of fused-ring (bicyclic) bond motifs is 7. The van der Waals surface area contributed by atoms with Gasteiger partial charge in [-0.2, -0.15) is 0 Å². The van der Waals surface area contributed by atoms with Crippen LogP contribution in [-0.2, 0) is 26.5 Å². The maximum Gasteiger partial charge on any atom is 0.129 e. The quantitative estimate of drug-likeness (QED) is 0.132. The van der Waals surface area contributed by atoms with Crippen LogP contribution in [0.5, 0.6) is 0 Å². The molecule has 0 fully saturated rings. The topological polar surface area (TPSA) is 38.9 Å². The second-order valence-corrected chi connectivity index (χ2v) is 13.2. The van der Waals surface area contributed by atoms with Gasteiger partial charge >= 0.3 is 0 Å². The van der Waals surface area contributed by atoms with Gasteiger partial charge in [-0.15, -0.1) is 54.1 Å². The molecule has 3 nitrogen and oxygen atoms in total. The molecule has 5 aromatic carbocycles. The summed E-state index contributed by atoms with van der Waals surface area (Å²) < 4.78 is 6.63. The second kappa shape index (κ2) is 13.2. The van der Waals surface area contributed by atoms with Crippen molar-refractivity contribution >= 4 is 43.5 Å². The molecule has 0 aliphatic carbocycles. The van der Waals surface area contributed by atoms with Crippen LogP contribution in [-0.4, -0.2) is 9.97 Å². The normalized spacial score (nSPS) is 11.4. The minimum atomic E-state index is 0. The van der Waals surface area contributed by atoms with E-state index in [1.807, 2.05) is 42.7 Å². The Bertz CT molecular complexity index is 2350. The fourth-order valence-electron chi connectivity index (χ4n) is 6.13. The number of aromatic nitrogens is 2. The Morgan fingerprint density at radius 1 is 0.660 bits per heavy atom. The molecule has 4 heteroatoms. The van der Waals surface area contributed by atoms with E-state index in [4.69, 9.17) is 4.42 Å². The zero-order valence-corrected chi connectivity index (χ0v) is 29.7. The van der Waals surface area contributed by atoms with Crippen LogP contribution >= 0.6 is 0 Å². The summed E-state index contributed by atoms with van der Waals surface area (Å²) in [5, 5.41) is 7.02. The summed E-state index contributed by atoms with van der Waals surface area (Å²) in [5.74, 6) is 0. The molecule has 0 spiro atoms. The van der Waals surface area contributed by atoms with E-state index in [-0.39, 0.29) is 25.5 Å². The van der Waals surface area contributed by atoms with E-state index in [9.17, 15) is 0 Å². The van der Waals surface area contributed by atoms with Crippen LogP contribution in [0, 0.1) is 31.4 Å². The minimum absolute atomic E-state index is 0. The van der Waals surface area contributed by atoms with Gasteiger partial charge in [-0.05, 0) is 64.9 Å². The van der Waals surface area contributed by atoms with Crippen LogP contribution in [0.2, 0.25) is 0 Å². The molecule has 3 heterocycles. The van der Waals surface area contributed by atoms with Gasteiger partial charge < -0.3 is 14.4 Å². The average Bonchev–Trinajstić information content (AvgIpc) is 3.45. The van der Waals surface area contributed by atoms with E-state index in [2.05, 4.69) is 130 Å². The van der Waals surface area contributed by atoms with Gasteiger partial charge in [0.2, 0.25) is 0 Å². The number of pyridine rings is 2. The fraction of sp³-hybridized carbons (Fsp3) is 0.163. The van der Waals surface area contributed by atoms with Crippen molar-refractivity contribution in [2.75, 3.05) is 0 Å². The molecule has 0 bridgehead atoms. The standard InChI is InChI=1S/C30H24NO.C13H12N.Ir/c1-30(2,3)18-19-15-16-31-26(17-19)25-10-6-9-23-24-14-13-21-12-11-20-7-4-5-8-22(20)27(21)29(24)32-28(23)25;1-10-8-13(14-9-11(10)2)12-6-4-3-5-7-12;/h4-9,11-17H,18H2,1-3H3;3-6,8-9H,1-2H3;/q2*-1;. The summed E-state index contributed by atoms with van der Waals surface area (Å²) in [4.78, 5) is 9.06. The fourth-order valence-corrected chi connectivity index (χ4v) is 6.13. The number of nitrogens with zero attached hydrogens (tertiary/aromatic N) is 2. The Morgan fingerprint density at radius 2 is 1.43 bits per heavy atom. The van der Waals surface area contributed by atoms with Gasteiger partial charge in [0.15, 0.2) is 0 Å². The van der Waals surface area contributed by atoms with Crippen molar-refractivity contribution in [2.24, 2.45) is 5.41 Å². The van der Waals surface area contributed by atoms with Crippen molar-refractivity contribution in [3.63, 3.8) is 0 Å². The van der Waals surface area contributed by atoms with Crippen molar-refractivity contribution in [3.05, 3.63) is 144 Å². The molecule has 0 N–H and O–H groups in total. The van der Waals surface area contributed by atoms with E-state index in [0.717, 1.165) is 56.3 Å². The summed E-state index contributed by atoms with van der Waals surface area (Å²) in [5.41, 5.74) is 9.65. The molecular formula is C43H36IrN2O-2. The van der Waals surface area contributed by atoms with Gasteiger partial charge in [0, 0.05) is 43.3 Å². The predicted octanol–water partition coefficient (Wildman–Crippen LogP) is 11.5. The average molecular weight is 789 g/mol. The smallest absolute Gasteiger partial charge is 0.129 e. The zero-order chi connectivity index (χ0) is 31.8. The van der Waals surface area contributed by atoms with Crippen LogP contribution in [0.15, 0.2) is 120 Å². The van der Waals surface area contributed by atoms with E-state index >= 15 is 0 Å². The molecule has 8 rings (SSSR count). The third-order valence-electron chi connectivity index (χ3n) is 8.48. The Kier molecular flexibility index (Phi) is 9.10.